The number of halogens is 3. The molecule has 8 heteroatoms. The van der Waals surface area contributed by atoms with Gasteiger partial charge < -0.3 is 15.5 Å². The Balaban J connectivity index is 0.00000450. The number of hydrogen-bond donors (Lipinski definition) is 2. The number of aliphatic imine (C=N–C) groups is 1. The molecule has 0 aliphatic heterocycles. The maximum atomic E-state index is 12.0. The fourth-order valence-corrected chi connectivity index (χ4v) is 3.05. The van der Waals surface area contributed by atoms with E-state index in [0.29, 0.717) is 34.7 Å². The monoisotopic (exact) mass is 562 g/mol. The molecule has 5 nitrogen and oxygen atoms in total. The second-order valence-electron chi connectivity index (χ2n) is 7.69. The van der Waals surface area contributed by atoms with Gasteiger partial charge in [0.05, 0.1) is 10.0 Å². The van der Waals surface area contributed by atoms with Gasteiger partial charge in [-0.15, -0.1) is 24.0 Å². The van der Waals surface area contributed by atoms with Gasteiger partial charge in [0.1, 0.15) is 0 Å². The van der Waals surface area contributed by atoms with E-state index in [-0.39, 0.29) is 35.3 Å². The molecule has 0 heterocycles. The van der Waals surface area contributed by atoms with Crippen molar-refractivity contribution in [3.05, 3.63) is 69.2 Å². The van der Waals surface area contributed by atoms with Crippen molar-refractivity contribution in [1.82, 2.24) is 15.5 Å². The lowest BCUT2D eigenvalue weighted by molar-refractivity contribution is 0.0827. The Morgan fingerprint density at radius 2 is 1.67 bits per heavy atom. The van der Waals surface area contributed by atoms with Crippen LogP contribution in [0.3, 0.4) is 0 Å². The normalized spacial score (nSPS) is 11.5. The predicted molar refractivity (Wildman–Crippen MR) is 138 cm³/mol. The quantitative estimate of drug-likeness (QED) is 0.297. The second-order valence-corrected chi connectivity index (χ2v) is 8.50. The lowest BCUT2D eigenvalue weighted by Crippen LogP contribution is -2.43. The number of benzene rings is 2. The molecule has 0 aliphatic rings. The average molecular weight is 563 g/mol. The predicted octanol–water partition coefficient (Wildman–Crippen LogP) is 4.96. The minimum absolute atomic E-state index is 0. The summed E-state index contributed by atoms with van der Waals surface area (Å²) in [7, 11) is 5.22. The molecule has 0 aliphatic carbocycles. The van der Waals surface area contributed by atoms with Crippen LogP contribution in [0.4, 0.5) is 0 Å². The topological polar surface area (TPSA) is 56.7 Å². The van der Waals surface area contributed by atoms with Crippen LogP contribution in [0.25, 0.3) is 0 Å². The number of amides is 1. The number of guanidine groups is 1. The minimum atomic E-state index is -0.167. The van der Waals surface area contributed by atoms with E-state index >= 15 is 0 Å². The summed E-state index contributed by atoms with van der Waals surface area (Å²) in [5.41, 5.74) is 2.66. The zero-order chi connectivity index (χ0) is 21.6. The highest BCUT2D eigenvalue weighted by molar-refractivity contribution is 14.0. The van der Waals surface area contributed by atoms with Crippen molar-refractivity contribution in [2.24, 2.45) is 4.99 Å². The lowest BCUT2D eigenvalue weighted by atomic mass is 9.84. The standard InChI is InChI=1S/C22H28Cl2N4O.HI/c1-22(2,17-10-11-18(23)19(24)12-17)14-27-21(25-3)26-13-15-6-8-16(9-7-15)20(29)28(4)5;/h6-12H,13-14H2,1-5H3,(H2,25,26,27);1H. The summed E-state index contributed by atoms with van der Waals surface area (Å²) in [4.78, 5) is 17.8. The van der Waals surface area contributed by atoms with Crippen molar-refractivity contribution in [2.75, 3.05) is 27.7 Å². The highest BCUT2D eigenvalue weighted by Crippen LogP contribution is 2.29. The molecule has 0 saturated heterocycles. The number of rotatable bonds is 6. The number of nitrogens with one attached hydrogen (secondary N) is 2. The fraction of sp³-hybridized carbons (Fsp3) is 0.364. The van der Waals surface area contributed by atoms with Crippen molar-refractivity contribution in [2.45, 2.75) is 25.8 Å². The van der Waals surface area contributed by atoms with Gasteiger partial charge in [0.25, 0.3) is 5.91 Å². The van der Waals surface area contributed by atoms with Gasteiger partial charge in [-0.2, -0.15) is 0 Å². The molecular formula is C22H29Cl2IN4O. The molecule has 0 bridgehead atoms. The third-order valence-electron chi connectivity index (χ3n) is 4.69. The largest absolute Gasteiger partial charge is 0.356 e. The molecule has 0 aromatic heterocycles. The number of carbonyl (C=O) groups is 1. The number of hydrogen-bond acceptors (Lipinski definition) is 2. The van der Waals surface area contributed by atoms with Gasteiger partial charge in [0, 0.05) is 45.2 Å². The first kappa shape index (κ1) is 26.5. The van der Waals surface area contributed by atoms with Crippen molar-refractivity contribution in [3.63, 3.8) is 0 Å². The second kappa shape index (κ2) is 11.8. The van der Waals surface area contributed by atoms with Crippen LogP contribution in [-0.4, -0.2) is 44.5 Å². The van der Waals surface area contributed by atoms with Gasteiger partial charge in [-0.1, -0.05) is 55.2 Å². The Morgan fingerprint density at radius 3 is 2.20 bits per heavy atom. The third kappa shape index (κ3) is 7.32. The van der Waals surface area contributed by atoms with E-state index in [0.717, 1.165) is 11.1 Å². The Morgan fingerprint density at radius 1 is 1.03 bits per heavy atom. The van der Waals surface area contributed by atoms with E-state index in [1.807, 2.05) is 42.5 Å². The van der Waals surface area contributed by atoms with Crippen LogP contribution in [0.2, 0.25) is 10.0 Å². The summed E-state index contributed by atoms with van der Waals surface area (Å²) in [6.45, 7) is 5.53. The molecule has 0 fully saturated rings. The van der Waals surface area contributed by atoms with Gasteiger partial charge in [0.2, 0.25) is 0 Å². The molecule has 0 saturated carbocycles. The average Bonchev–Trinajstić information content (AvgIpc) is 2.69. The van der Waals surface area contributed by atoms with Crippen molar-refractivity contribution >= 4 is 59.0 Å². The molecular weight excluding hydrogens is 534 g/mol. The van der Waals surface area contributed by atoms with E-state index in [4.69, 9.17) is 23.2 Å². The van der Waals surface area contributed by atoms with Gasteiger partial charge in [-0.05, 0) is 35.4 Å². The molecule has 2 rings (SSSR count). The summed E-state index contributed by atoms with van der Waals surface area (Å²) in [6.07, 6.45) is 0. The molecule has 164 valence electrons. The molecule has 30 heavy (non-hydrogen) atoms. The van der Waals surface area contributed by atoms with E-state index < -0.39 is 0 Å². The lowest BCUT2D eigenvalue weighted by Gasteiger charge is -2.27. The zero-order valence-corrected chi connectivity index (χ0v) is 21.8. The summed E-state index contributed by atoms with van der Waals surface area (Å²) in [5, 5.41) is 7.76. The minimum Gasteiger partial charge on any atom is -0.356 e. The van der Waals surface area contributed by atoms with Crippen LogP contribution in [0.15, 0.2) is 47.5 Å². The van der Waals surface area contributed by atoms with E-state index in [1.54, 1.807) is 26.0 Å². The summed E-state index contributed by atoms with van der Waals surface area (Å²) < 4.78 is 0. The maximum Gasteiger partial charge on any atom is 0.253 e. The first-order chi connectivity index (χ1) is 13.6. The number of nitrogens with zero attached hydrogens (tertiary/aromatic N) is 2. The fourth-order valence-electron chi connectivity index (χ4n) is 2.75. The van der Waals surface area contributed by atoms with Crippen LogP contribution < -0.4 is 10.6 Å². The molecule has 0 radical (unpaired) electrons. The molecule has 0 spiro atoms. The van der Waals surface area contributed by atoms with Crippen LogP contribution in [0, 0.1) is 0 Å². The Kier molecular flexibility index (Phi) is 10.4. The zero-order valence-electron chi connectivity index (χ0n) is 17.9. The number of carbonyl (C=O) groups excluding carboxylic acids is 1. The smallest absolute Gasteiger partial charge is 0.253 e. The van der Waals surface area contributed by atoms with Crippen molar-refractivity contribution < 1.29 is 4.79 Å². The molecule has 2 aromatic carbocycles. The van der Waals surface area contributed by atoms with Crippen LogP contribution in [0.5, 0.6) is 0 Å². The van der Waals surface area contributed by atoms with Crippen molar-refractivity contribution in [1.29, 1.82) is 0 Å². The van der Waals surface area contributed by atoms with Crippen LogP contribution in [0.1, 0.15) is 35.3 Å². The summed E-state index contributed by atoms with van der Waals surface area (Å²) in [5.74, 6) is 0.693. The highest BCUT2D eigenvalue weighted by atomic mass is 127. The SMILES string of the molecule is CN=C(NCc1ccc(C(=O)N(C)C)cc1)NCC(C)(C)c1ccc(Cl)c(Cl)c1.I. The van der Waals surface area contributed by atoms with Gasteiger partial charge in [0.15, 0.2) is 5.96 Å². The molecule has 0 atom stereocenters. The van der Waals surface area contributed by atoms with Crippen LogP contribution in [-0.2, 0) is 12.0 Å². The van der Waals surface area contributed by atoms with E-state index in [1.165, 1.54) is 0 Å². The summed E-state index contributed by atoms with van der Waals surface area (Å²) in [6, 6.07) is 13.3. The van der Waals surface area contributed by atoms with Gasteiger partial charge in [-0.25, -0.2) is 0 Å². The Labute approximate surface area is 206 Å². The molecule has 2 N–H and O–H groups in total. The van der Waals surface area contributed by atoms with Gasteiger partial charge >= 0.3 is 0 Å². The van der Waals surface area contributed by atoms with Crippen LogP contribution >= 0.6 is 47.2 Å². The van der Waals surface area contributed by atoms with E-state index in [9.17, 15) is 4.79 Å². The molecule has 0 unspecified atom stereocenters. The molecule has 1 amide bonds. The summed E-state index contributed by atoms with van der Waals surface area (Å²) >= 11 is 12.2. The van der Waals surface area contributed by atoms with Crippen molar-refractivity contribution in [3.8, 4) is 0 Å². The van der Waals surface area contributed by atoms with E-state index in [2.05, 4.69) is 29.5 Å². The Hall–Kier alpha value is -1.51. The maximum absolute atomic E-state index is 12.0. The first-order valence-electron chi connectivity index (χ1n) is 9.34. The first-order valence-corrected chi connectivity index (χ1v) is 10.1. The molecule has 2 aromatic rings. The Bertz CT molecular complexity index is 883. The third-order valence-corrected chi connectivity index (χ3v) is 5.43. The highest BCUT2D eigenvalue weighted by Gasteiger charge is 2.22. The van der Waals surface area contributed by atoms with Gasteiger partial charge in [-0.3, -0.25) is 9.79 Å².